The van der Waals surface area contributed by atoms with Gasteiger partial charge in [-0.1, -0.05) is 0 Å². The predicted octanol–water partition coefficient (Wildman–Crippen LogP) is -0.0825. The number of carboxylic acids is 1. The lowest BCUT2D eigenvalue weighted by Crippen LogP contribution is -2.48. The Labute approximate surface area is 89.4 Å². The van der Waals surface area contributed by atoms with Crippen LogP contribution in [0.15, 0.2) is 0 Å². The Morgan fingerprint density at radius 1 is 1.53 bits per heavy atom. The van der Waals surface area contributed by atoms with Gasteiger partial charge in [0.05, 0.1) is 0 Å². The van der Waals surface area contributed by atoms with E-state index in [2.05, 4.69) is 10.2 Å². The molecule has 0 saturated carbocycles. The number of hydrogen-bond donors (Lipinski definition) is 2. The van der Waals surface area contributed by atoms with E-state index in [1.807, 2.05) is 7.05 Å². The topological polar surface area (TPSA) is 69.6 Å². The van der Waals surface area contributed by atoms with Crippen LogP contribution in [0.2, 0.25) is 0 Å². The van der Waals surface area contributed by atoms with E-state index in [0.29, 0.717) is 0 Å². The second-order valence-electron chi connectivity index (χ2n) is 4.17. The summed E-state index contributed by atoms with van der Waals surface area (Å²) in [6.07, 6.45) is 1.98. The molecule has 0 aromatic rings. The lowest BCUT2D eigenvalue weighted by atomic mass is 10.0. The van der Waals surface area contributed by atoms with Gasteiger partial charge in [-0.05, 0) is 33.4 Å². The number of carbonyl (C=O) groups excluding carboxylic acids is 1. The number of hydrogen-bond acceptors (Lipinski definition) is 3. The first-order valence-corrected chi connectivity index (χ1v) is 5.22. The first-order valence-electron chi connectivity index (χ1n) is 5.22. The average Bonchev–Trinajstić information content (AvgIpc) is 2.16. The van der Waals surface area contributed by atoms with Crippen molar-refractivity contribution in [3.05, 3.63) is 0 Å². The molecular formula is C10H18N2O3. The zero-order valence-corrected chi connectivity index (χ0v) is 9.19. The van der Waals surface area contributed by atoms with E-state index in [1.54, 1.807) is 0 Å². The molecule has 0 aromatic heterocycles. The Morgan fingerprint density at radius 3 is 2.73 bits per heavy atom. The molecule has 1 fully saturated rings. The van der Waals surface area contributed by atoms with Gasteiger partial charge in [-0.3, -0.25) is 9.59 Å². The molecule has 1 heterocycles. The number of aliphatic carboxylic acids is 1. The molecule has 5 heteroatoms. The third kappa shape index (κ3) is 3.51. The molecule has 0 aliphatic carbocycles. The third-order valence-electron chi connectivity index (χ3n) is 2.73. The van der Waals surface area contributed by atoms with Crippen molar-refractivity contribution in [2.24, 2.45) is 5.92 Å². The van der Waals surface area contributed by atoms with Gasteiger partial charge in [0.2, 0.25) is 5.91 Å². The number of carbonyl (C=O) groups is 2. The number of carboxylic acid groups (broad SMARTS) is 1. The van der Waals surface area contributed by atoms with E-state index in [1.165, 1.54) is 6.92 Å². The molecule has 1 amide bonds. The average molecular weight is 214 g/mol. The fraction of sp³-hybridized carbons (Fsp3) is 0.800. The summed E-state index contributed by atoms with van der Waals surface area (Å²) in [6.45, 7) is 3.25. The van der Waals surface area contributed by atoms with Gasteiger partial charge in [0.25, 0.3) is 0 Å². The van der Waals surface area contributed by atoms with E-state index < -0.39 is 11.9 Å². The standard InChI is InChI=1S/C10H18N2O3/c1-7(10(14)15)9(13)11-8-4-3-5-12(2)6-8/h7-8H,3-6H2,1-2H3,(H,11,13)(H,14,15). The maximum absolute atomic E-state index is 11.4. The number of rotatable bonds is 3. The van der Waals surface area contributed by atoms with Crippen molar-refractivity contribution in [1.29, 1.82) is 0 Å². The van der Waals surface area contributed by atoms with Gasteiger partial charge in [-0.15, -0.1) is 0 Å². The summed E-state index contributed by atoms with van der Waals surface area (Å²) in [5, 5.41) is 11.4. The predicted molar refractivity (Wildman–Crippen MR) is 55.5 cm³/mol. The minimum absolute atomic E-state index is 0.0954. The third-order valence-corrected chi connectivity index (χ3v) is 2.73. The van der Waals surface area contributed by atoms with Crippen molar-refractivity contribution in [3.63, 3.8) is 0 Å². The van der Waals surface area contributed by atoms with Crippen LogP contribution in [0.5, 0.6) is 0 Å². The number of nitrogens with zero attached hydrogens (tertiary/aromatic N) is 1. The molecule has 0 bridgehead atoms. The minimum atomic E-state index is -1.07. The van der Waals surface area contributed by atoms with Crippen LogP contribution >= 0.6 is 0 Å². The molecule has 0 radical (unpaired) electrons. The lowest BCUT2D eigenvalue weighted by molar-refractivity contribution is -0.146. The molecule has 0 spiro atoms. The lowest BCUT2D eigenvalue weighted by Gasteiger charge is -2.30. The van der Waals surface area contributed by atoms with E-state index in [-0.39, 0.29) is 11.9 Å². The Kier molecular flexibility index (Phi) is 4.08. The van der Waals surface area contributed by atoms with Gasteiger partial charge < -0.3 is 15.3 Å². The minimum Gasteiger partial charge on any atom is -0.481 e. The van der Waals surface area contributed by atoms with Crippen molar-refractivity contribution < 1.29 is 14.7 Å². The largest absolute Gasteiger partial charge is 0.481 e. The number of amides is 1. The van der Waals surface area contributed by atoms with Crippen LogP contribution in [0, 0.1) is 5.92 Å². The van der Waals surface area contributed by atoms with Gasteiger partial charge in [-0.25, -0.2) is 0 Å². The van der Waals surface area contributed by atoms with Crippen LogP contribution in [0.1, 0.15) is 19.8 Å². The quantitative estimate of drug-likeness (QED) is 0.645. The molecule has 2 N–H and O–H groups in total. The Bertz CT molecular complexity index is 255. The summed E-state index contributed by atoms with van der Waals surface area (Å²) in [4.78, 5) is 24.2. The van der Waals surface area contributed by atoms with Gasteiger partial charge in [0, 0.05) is 12.6 Å². The summed E-state index contributed by atoms with van der Waals surface area (Å²) in [6, 6.07) is 0.0954. The van der Waals surface area contributed by atoms with Crippen molar-refractivity contribution in [2.45, 2.75) is 25.8 Å². The highest BCUT2D eigenvalue weighted by molar-refractivity contribution is 5.96. The van der Waals surface area contributed by atoms with E-state index in [9.17, 15) is 9.59 Å². The highest BCUT2D eigenvalue weighted by Crippen LogP contribution is 2.08. The SMILES string of the molecule is CC(C(=O)O)C(=O)NC1CCCN(C)C1. The first-order chi connectivity index (χ1) is 7.00. The van der Waals surface area contributed by atoms with Crippen LogP contribution in [0.25, 0.3) is 0 Å². The van der Waals surface area contributed by atoms with Crippen LogP contribution in [0.4, 0.5) is 0 Å². The van der Waals surface area contributed by atoms with Crippen LogP contribution in [0.3, 0.4) is 0 Å². The van der Waals surface area contributed by atoms with Gasteiger partial charge in [0.15, 0.2) is 0 Å². The molecule has 2 unspecified atom stereocenters. The van der Waals surface area contributed by atoms with E-state index in [0.717, 1.165) is 25.9 Å². The van der Waals surface area contributed by atoms with Crippen molar-refractivity contribution in [3.8, 4) is 0 Å². The second kappa shape index (κ2) is 5.11. The summed E-state index contributed by atoms with van der Waals surface area (Å²) >= 11 is 0. The van der Waals surface area contributed by atoms with Crippen LogP contribution < -0.4 is 5.32 Å². The maximum Gasteiger partial charge on any atom is 0.315 e. The van der Waals surface area contributed by atoms with Crippen LogP contribution in [-0.2, 0) is 9.59 Å². The van der Waals surface area contributed by atoms with E-state index >= 15 is 0 Å². The van der Waals surface area contributed by atoms with Crippen molar-refractivity contribution in [2.75, 3.05) is 20.1 Å². The van der Waals surface area contributed by atoms with Crippen LogP contribution in [-0.4, -0.2) is 48.1 Å². The van der Waals surface area contributed by atoms with Gasteiger partial charge in [0.1, 0.15) is 5.92 Å². The molecule has 5 nitrogen and oxygen atoms in total. The molecule has 86 valence electrons. The molecule has 0 aromatic carbocycles. The highest BCUT2D eigenvalue weighted by atomic mass is 16.4. The maximum atomic E-state index is 11.4. The Morgan fingerprint density at radius 2 is 2.20 bits per heavy atom. The molecular weight excluding hydrogens is 196 g/mol. The number of likely N-dealkylation sites (tertiary alicyclic amines) is 1. The molecule has 15 heavy (non-hydrogen) atoms. The summed E-state index contributed by atoms with van der Waals surface area (Å²) in [7, 11) is 2.00. The number of piperidine rings is 1. The summed E-state index contributed by atoms with van der Waals surface area (Å²) in [5.74, 6) is -2.42. The van der Waals surface area contributed by atoms with Gasteiger partial charge >= 0.3 is 5.97 Å². The highest BCUT2D eigenvalue weighted by Gasteiger charge is 2.25. The Balaban J connectivity index is 2.40. The molecule has 1 saturated heterocycles. The molecule has 1 aliphatic heterocycles. The zero-order chi connectivity index (χ0) is 11.4. The molecule has 2 atom stereocenters. The first kappa shape index (κ1) is 12.0. The normalized spacial score (nSPS) is 24.5. The Hall–Kier alpha value is -1.10. The number of nitrogens with one attached hydrogen (secondary N) is 1. The molecule has 1 aliphatic rings. The van der Waals surface area contributed by atoms with E-state index in [4.69, 9.17) is 5.11 Å². The van der Waals surface area contributed by atoms with Gasteiger partial charge in [-0.2, -0.15) is 0 Å². The second-order valence-corrected chi connectivity index (χ2v) is 4.17. The number of likely N-dealkylation sites (N-methyl/N-ethyl adjacent to an activating group) is 1. The van der Waals surface area contributed by atoms with Crippen molar-refractivity contribution >= 4 is 11.9 Å². The fourth-order valence-electron chi connectivity index (χ4n) is 1.72. The summed E-state index contributed by atoms with van der Waals surface area (Å²) in [5.41, 5.74) is 0. The summed E-state index contributed by atoms with van der Waals surface area (Å²) < 4.78 is 0. The zero-order valence-electron chi connectivity index (χ0n) is 9.19. The fourth-order valence-corrected chi connectivity index (χ4v) is 1.72. The monoisotopic (exact) mass is 214 g/mol. The molecule has 1 rings (SSSR count). The van der Waals surface area contributed by atoms with Crippen molar-refractivity contribution in [1.82, 2.24) is 10.2 Å². The smallest absolute Gasteiger partial charge is 0.315 e.